The molecule has 0 amide bonds. The van der Waals surface area contributed by atoms with Crippen LogP contribution in [0.15, 0.2) is 6.07 Å². The van der Waals surface area contributed by atoms with Gasteiger partial charge < -0.3 is 5.32 Å². The Morgan fingerprint density at radius 1 is 1.57 bits per heavy atom. The van der Waals surface area contributed by atoms with Gasteiger partial charge in [-0.25, -0.2) is 0 Å². The summed E-state index contributed by atoms with van der Waals surface area (Å²) in [5.74, 6) is 0. The molecule has 1 aromatic rings. The Morgan fingerprint density at radius 2 is 2.43 bits per heavy atom. The minimum absolute atomic E-state index is 0.521. The summed E-state index contributed by atoms with van der Waals surface area (Å²) in [6.45, 7) is 5.88. The van der Waals surface area contributed by atoms with E-state index in [1.165, 1.54) is 30.7 Å². The SMILES string of the molecule is Cc1cc2c(s1)C[C@@]1(C)CCCN[C@H]21. The summed E-state index contributed by atoms with van der Waals surface area (Å²) >= 11 is 2.00. The van der Waals surface area contributed by atoms with Crippen LogP contribution < -0.4 is 5.32 Å². The summed E-state index contributed by atoms with van der Waals surface area (Å²) in [6.07, 6.45) is 4.05. The van der Waals surface area contributed by atoms with Crippen LogP contribution in [0.2, 0.25) is 0 Å². The zero-order chi connectivity index (χ0) is 9.76. The second-order valence-corrected chi connectivity index (χ2v) is 6.40. The lowest BCUT2D eigenvalue weighted by atomic mass is 9.76. The van der Waals surface area contributed by atoms with Gasteiger partial charge in [0.25, 0.3) is 0 Å². The van der Waals surface area contributed by atoms with Crippen LogP contribution in [0.25, 0.3) is 0 Å². The third kappa shape index (κ3) is 1.10. The quantitative estimate of drug-likeness (QED) is 0.689. The second kappa shape index (κ2) is 2.83. The summed E-state index contributed by atoms with van der Waals surface area (Å²) in [4.78, 5) is 3.12. The van der Waals surface area contributed by atoms with Gasteiger partial charge in [-0.3, -0.25) is 0 Å². The summed E-state index contributed by atoms with van der Waals surface area (Å²) in [7, 11) is 0. The van der Waals surface area contributed by atoms with E-state index in [1.54, 1.807) is 10.4 Å². The van der Waals surface area contributed by atoms with Gasteiger partial charge in [0, 0.05) is 15.8 Å². The summed E-state index contributed by atoms with van der Waals surface area (Å²) in [5.41, 5.74) is 2.13. The van der Waals surface area contributed by atoms with Crippen molar-refractivity contribution >= 4 is 11.3 Å². The molecule has 2 atom stereocenters. The molecule has 1 aliphatic carbocycles. The molecule has 76 valence electrons. The van der Waals surface area contributed by atoms with Crippen LogP contribution in [-0.2, 0) is 6.42 Å². The maximum absolute atomic E-state index is 3.70. The number of hydrogen-bond donors (Lipinski definition) is 1. The molecule has 0 radical (unpaired) electrons. The van der Waals surface area contributed by atoms with Gasteiger partial charge in [-0.2, -0.15) is 0 Å². The lowest BCUT2D eigenvalue weighted by Crippen LogP contribution is -2.39. The highest BCUT2D eigenvalue weighted by atomic mass is 32.1. The van der Waals surface area contributed by atoms with Crippen molar-refractivity contribution in [2.24, 2.45) is 5.41 Å². The molecule has 14 heavy (non-hydrogen) atoms. The van der Waals surface area contributed by atoms with E-state index in [0.29, 0.717) is 11.5 Å². The monoisotopic (exact) mass is 207 g/mol. The van der Waals surface area contributed by atoms with Crippen molar-refractivity contribution in [1.82, 2.24) is 5.32 Å². The van der Waals surface area contributed by atoms with Crippen molar-refractivity contribution in [3.05, 3.63) is 21.4 Å². The summed E-state index contributed by atoms with van der Waals surface area (Å²) in [5, 5.41) is 3.70. The van der Waals surface area contributed by atoms with Crippen molar-refractivity contribution in [3.8, 4) is 0 Å². The first-order valence-corrected chi connectivity index (χ1v) is 6.33. The molecule has 0 aromatic carbocycles. The lowest BCUT2D eigenvalue weighted by Gasteiger charge is -2.37. The largest absolute Gasteiger partial charge is 0.309 e. The minimum atomic E-state index is 0.521. The van der Waals surface area contributed by atoms with Gasteiger partial charge in [0.2, 0.25) is 0 Å². The Hall–Kier alpha value is -0.340. The molecule has 1 N–H and O–H groups in total. The van der Waals surface area contributed by atoms with Crippen LogP contribution in [0.1, 0.15) is 41.1 Å². The van der Waals surface area contributed by atoms with Crippen LogP contribution in [-0.4, -0.2) is 6.54 Å². The molecule has 3 rings (SSSR count). The van der Waals surface area contributed by atoms with Crippen molar-refractivity contribution < 1.29 is 0 Å². The molecule has 2 heterocycles. The molecule has 1 aliphatic heterocycles. The maximum atomic E-state index is 3.70. The lowest BCUT2D eigenvalue weighted by molar-refractivity contribution is 0.178. The first-order valence-electron chi connectivity index (χ1n) is 5.52. The molecule has 1 fully saturated rings. The number of piperidine rings is 1. The van der Waals surface area contributed by atoms with E-state index >= 15 is 0 Å². The molecule has 1 saturated heterocycles. The highest BCUT2D eigenvalue weighted by Gasteiger charge is 2.44. The molecule has 1 nitrogen and oxygen atoms in total. The van der Waals surface area contributed by atoms with Crippen LogP contribution in [0, 0.1) is 12.3 Å². The van der Waals surface area contributed by atoms with Gasteiger partial charge >= 0.3 is 0 Å². The Labute approximate surface area is 89.5 Å². The average Bonchev–Trinajstić information content (AvgIpc) is 2.57. The van der Waals surface area contributed by atoms with Gasteiger partial charge in [-0.15, -0.1) is 11.3 Å². The van der Waals surface area contributed by atoms with E-state index in [2.05, 4.69) is 25.2 Å². The molecular weight excluding hydrogens is 190 g/mol. The van der Waals surface area contributed by atoms with Crippen molar-refractivity contribution in [1.29, 1.82) is 0 Å². The molecule has 2 aliphatic rings. The fraction of sp³-hybridized carbons (Fsp3) is 0.667. The third-order valence-corrected chi connectivity index (χ3v) is 4.88. The van der Waals surface area contributed by atoms with E-state index in [4.69, 9.17) is 0 Å². The number of hydrogen-bond acceptors (Lipinski definition) is 2. The Morgan fingerprint density at radius 3 is 3.29 bits per heavy atom. The smallest absolute Gasteiger partial charge is 0.0389 e. The summed E-state index contributed by atoms with van der Waals surface area (Å²) < 4.78 is 0. The molecule has 0 spiro atoms. The van der Waals surface area contributed by atoms with E-state index in [0.717, 1.165) is 0 Å². The van der Waals surface area contributed by atoms with Gasteiger partial charge in [-0.1, -0.05) is 6.92 Å². The standard InChI is InChI=1S/C12H17NS/c1-8-6-9-10(14-8)7-12(2)4-3-5-13-11(9)12/h6,11,13H,3-5,7H2,1-2H3/t11-,12-/m1/s1. The van der Waals surface area contributed by atoms with Crippen LogP contribution in [0.4, 0.5) is 0 Å². The minimum Gasteiger partial charge on any atom is -0.309 e. The van der Waals surface area contributed by atoms with Crippen LogP contribution in [0.3, 0.4) is 0 Å². The van der Waals surface area contributed by atoms with E-state index < -0.39 is 0 Å². The molecular formula is C12H17NS. The second-order valence-electron chi connectivity index (χ2n) is 5.06. The van der Waals surface area contributed by atoms with Gasteiger partial charge in [0.15, 0.2) is 0 Å². The van der Waals surface area contributed by atoms with E-state index in [1.807, 2.05) is 11.3 Å². The van der Waals surface area contributed by atoms with Crippen molar-refractivity contribution in [3.63, 3.8) is 0 Å². The predicted molar refractivity (Wildman–Crippen MR) is 60.8 cm³/mol. The molecule has 1 aromatic heterocycles. The Kier molecular flexibility index (Phi) is 1.80. The fourth-order valence-corrected chi connectivity index (χ4v) is 4.41. The predicted octanol–water partition coefficient (Wildman–Crippen LogP) is 3.04. The topological polar surface area (TPSA) is 12.0 Å². The fourth-order valence-electron chi connectivity index (χ4n) is 3.14. The summed E-state index contributed by atoms with van der Waals surface area (Å²) in [6, 6.07) is 3.05. The number of nitrogens with one attached hydrogen (secondary N) is 1. The highest BCUT2D eigenvalue weighted by molar-refractivity contribution is 7.12. The maximum Gasteiger partial charge on any atom is 0.0389 e. The zero-order valence-corrected chi connectivity index (χ0v) is 9.71. The van der Waals surface area contributed by atoms with Gasteiger partial charge in [0.05, 0.1) is 0 Å². The first-order chi connectivity index (χ1) is 6.69. The highest BCUT2D eigenvalue weighted by Crippen LogP contribution is 2.52. The Balaban J connectivity index is 2.04. The zero-order valence-electron chi connectivity index (χ0n) is 8.89. The van der Waals surface area contributed by atoms with E-state index in [-0.39, 0.29) is 0 Å². The number of fused-ring (bicyclic) bond motifs is 3. The number of aryl methyl sites for hydroxylation is 1. The molecule has 0 bridgehead atoms. The molecule has 0 unspecified atom stereocenters. The molecule has 0 saturated carbocycles. The third-order valence-electron chi connectivity index (χ3n) is 3.81. The van der Waals surface area contributed by atoms with Crippen LogP contribution in [0.5, 0.6) is 0 Å². The van der Waals surface area contributed by atoms with E-state index in [9.17, 15) is 0 Å². The Bertz CT molecular complexity index is 368. The first kappa shape index (κ1) is 8.93. The van der Waals surface area contributed by atoms with Gasteiger partial charge in [-0.05, 0) is 49.8 Å². The van der Waals surface area contributed by atoms with Crippen molar-refractivity contribution in [2.75, 3.05) is 6.54 Å². The van der Waals surface area contributed by atoms with Gasteiger partial charge in [0.1, 0.15) is 0 Å². The van der Waals surface area contributed by atoms with Crippen molar-refractivity contribution in [2.45, 2.75) is 39.2 Å². The molecule has 2 heteroatoms. The normalized spacial score (nSPS) is 35.4. The average molecular weight is 207 g/mol. The number of rotatable bonds is 0. The van der Waals surface area contributed by atoms with Crippen LogP contribution >= 0.6 is 11.3 Å². The number of thiophene rings is 1.